The van der Waals surface area contributed by atoms with E-state index in [1.165, 1.54) is 6.20 Å². The van der Waals surface area contributed by atoms with Crippen LogP contribution >= 0.6 is 0 Å². The Morgan fingerprint density at radius 1 is 1.43 bits per heavy atom. The van der Waals surface area contributed by atoms with Gasteiger partial charge in [0.15, 0.2) is 0 Å². The molecule has 74 valence electrons. The number of pyridine rings is 1. The largest absolute Gasteiger partial charge is 0.405 e. The molecule has 4 heteroatoms. The molecular formula is C10H14N4. The summed E-state index contributed by atoms with van der Waals surface area (Å²) in [5.41, 5.74) is 11.7. The van der Waals surface area contributed by atoms with Gasteiger partial charge in [0.05, 0.1) is 0 Å². The van der Waals surface area contributed by atoms with Crippen molar-refractivity contribution in [3.05, 3.63) is 29.6 Å². The summed E-state index contributed by atoms with van der Waals surface area (Å²) in [5.74, 6) is 0.316. The third-order valence-electron chi connectivity index (χ3n) is 1.35. The molecule has 0 aliphatic rings. The SMILES string of the molecule is CC.N#Cc1ccc(/C=C\N)c(N)n1. The molecule has 0 spiro atoms. The van der Waals surface area contributed by atoms with Gasteiger partial charge in [-0.05, 0) is 24.4 Å². The summed E-state index contributed by atoms with van der Waals surface area (Å²) in [6.07, 6.45) is 3.00. The molecule has 1 rings (SSSR count). The molecule has 0 saturated carbocycles. The summed E-state index contributed by atoms with van der Waals surface area (Å²) in [5, 5.41) is 8.47. The molecule has 0 fully saturated rings. The number of nitrogens with two attached hydrogens (primary N) is 2. The van der Waals surface area contributed by atoms with Crippen molar-refractivity contribution in [3.8, 4) is 6.07 Å². The molecule has 4 nitrogen and oxygen atoms in total. The zero-order valence-electron chi connectivity index (χ0n) is 8.36. The van der Waals surface area contributed by atoms with E-state index in [1.807, 2.05) is 19.9 Å². The van der Waals surface area contributed by atoms with E-state index in [0.717, 1.165) is 5.56 Å². The van der Waals surface area contributed by atoms with Gasteiger partial charge in [-0.1, -0.05) is 13.8 Å². The minimum absolute atomic E-state index is 0.307. The Bertz CT molecular complexity index is 350. The van der Waals surface area contributed by atoms with Crippen molar-refractivity contribution in [3.63, 3.8) is 0 Å². The van der Waals surface area contributed by atoms with Crippen LogP contribution in [0.15, 0.2) is 18.3 Å². The van der Waals surface area contributed by atoms with E-state index in [0.29, 0.717) is 11.5 Å². The Morgan fingerprint density at radius 2 is 2.07 bits per heavy atom. The predicted molar refractivity (Wildman–Crippen MR) is 57.9 cm³/mol. The van der Waals surface area contributed by atoms with Gasteiger partial charge in [-0.15, -0.1) is 0 Å². The van der Waals surface area contributed by atoms with Crippen LogP contribution in [0.3, 0.4) is 0 Å². The Labute approximate surface area is 83.9 Å². The van der Waals surface area contributed by atoms with E-state index in [-0.39, 0.29) is 0 Å². The van der Waals surface area contributed by atoms with Crippen molar-refractivity contribution in [2.24, 2.45) is 5.73 Å². The summed E-state index contributed by atoms with van der Waals surface area (Å²) >= 11 is 0. The molecule has 0 bridgehead atoms. The van der Waals surface area contributed by atoms with Crippen molar-refractivity contribution >= 4 is 11.9 Å². The molecule has 1 aromatic heterocycles. The maximum Gasteiger partial charge on any atom is 0.142 e. The first-order chi connectivity index (χ1) is 6.77. The van der Waals surface area contributed by atoms with Crippen LogP contribution in [0.4, 0.5) is 5.82 Å². The van der Waals surface area contributed by atoms with Crippen LogP contribution in [-0.2, 0) is 0 Å². The van der Waals surface area contributed by atoms with Gasteiger partial charge in [-0.3, -0.25) is 0 Å². The Hall–Kier alpha value is -2.02. The van der Waals surface area contributed by atoms with Gasteiger partial charge in [-0.25, -0.2) is 4.98 Å². The Morgan fingerprint density at radius 3 is 2.50 bits per heavy atom. The summed E-state index contributed by atoms with van der Waals surface area (Å²) in [7, 11) is 0. The van der Waals surface area contributed by atoms with Crippen molar-refractivity contribution in [2.45, 2.75) is 13.8 Å². The molecule has 0 atom stereocenters. The zero-order valence-corrected chi connectivity index (χ0v) is 8.36. The van der Waals surface area contributed by atoms with E-state index in [4.69, 9.17) is 16.7 Å². The second-order valence-electron chi connectivity index (χ2n) is 2.14. The van der Waals surface area contributed by atoms with E-state index >= 15 is 0 Å². The number of nitrogen functional groups attached to an aromatic ring is 1. The van der Waals surface area contributed by atoms with Gasteiger partial charge in [0, 0.05) is 5.56 Å². The minimum Gasteiger partial charge on any atom is -0.405 e. The highest BCUT2D eigenvalue weighted by molar-refractivity contribution is 5.61. The van der Waals surface area contributed by atoms with Crippen LogP contribution in [-0.4, -0.2) is 4.98 Å². The van der Waals surface area contributed by atoms with E-state index in [1.54, 1.807) is 18.2 Å². The lowest BCUT2D eigenvalue weighted by Gasteiger charge is -1.97. The molecule has 0 unspecified atom stereocenters. The van der Waals surface area contributed by atoms with Crippen LogP contribution in [0, 0.1) is 11.3 Å². The monoisotopic (exact) mass is 190 g/mol. The highest BCUT2D eigenvalue weighted by Crippen LogP contribution is 2.10. The molecule has 0 aromatic carbocycles. The van der Waals surface area contributed by atoms with Crippen LogP contribution in [0.2, 0.25) is 0 Å². The zero-order chi connectivity index (χ0) is 11.0. The fourth-order valence-electron chi connectivity index (χ4n) is 0.793. The molecule has 0 amide bonds. The van der Waals surface area contributed by atoms with Crippen molar-refractivity contribution < 1.29 is 0 Å². The van der Waals surface area contributed by atoms with E-state index in [9.17, 15) is 0 Å². The Kier molecular flexibility index (Phi) is 5.55. The average Bonchev–Trinajstić information content (AvgIpc) is 2.24. The quantitative estimate of drug-likeness (QED) is 0.702. The molecule has 14 heavy (non-hydrogen) atoms. The smallest absolute Gasteiger partial charge is 0.142 e. The number of rotatable bonds is 1. The van der Waals surface area contributed by atoms with Crippen LogP contribution in [0.25, 0.3) is 6.08 Å². The normalized spacial score (nSPS) is 8.93. The molecule has 0 aliphatic carbocycles. The van der Waals surface area contributed by atoms with Gasteiger partial charge < -0.3 is 11.5 Å². The predicted octanol–water partition coefficient (Wildman–Crippen LogP) is 1.49. The van der Waals surface area contributed by atoms with Crippen molar-refractivity contribution in [1.29, 1.82) is 5.26 Å². The van der Waals surface area contributed by atoms with E-state index in [2.05, 4.69) is 4.98 Å². The van der Waals surface area contributed by atoms with Crippen LogP contribution in [0.5, 0.6) is 0 Å². The fraction of sp³-hybridized carbons (Fsp3) is 0.200. The number of hydrogen-bond acceptors (Lipinski definition) is 4. The lowest BCUT2D eigenvalue weighted by atomic mass is 10.2. The summed E-state index contributed by atoms with van der Waals surface area (Å²) in [6, 6.07) is 5.18. The summed E-state index contributed by atoms with van der Waals surface area (Å²) < 4.78 is 0. The molecule has 1 heterocycles. The van der Waals surface area contributed by atoms with Gasteiger partial charge in [-0.2, -0.15) is 5.26 Å². The highest BCUT2D eigenvalue weighted by Gasteiger charge is 1.97. The van der Waals surface area contributed by atoms with Crippen molar-refractivity contribution in [1.82, 2.24) is 4.98 Å². The Balaban J connectivity index is 0.000000791. The van der Waals surface area contributed by atoms with E-state index < -0.39 is 0 Å². The lowest BCUT2D eigenvalue weighted by Crippen LogP contribution is -1.96. The lowest BCUT2D eigenvalue weighted by molar-refractivity contribution is 1.26. The number of anilines is 1. The van der Waals surface area contributed by atoms with Gasteiger partial charge in [0.1, 0.15) is 17.6 Å². The first kappa shape index (κ1) is 12.0. The fourth-order valence-corrected chi connectivity index (χ4v) is 0.793. The molecule has 0 saturated heterocycles. The summed E-state index contributed by atoms with van der Waals surface area (Å²) in [4.78, 5) is 3.82. The second-order valence-corrected chi connectivity index (χ2v) is 2.14. The maximum atomic E-state index is 8.47. The van der Waals surface area contributed by atoms with Crippen LogP contribution in [0.1, 0.15) is 25.1 Å². The van der Waals surface area contributed by atoms with Crippen LogP contribution < -0.4 is 11.5 Å². The minimum atomic E-state index is 0.307. The third kappa shape index (κ3) is 3.15. The van der Waals surface area contributed by atoms with Crippen molar-refractivity contribution in [2.75, 3.05) is 5.73 Å². The molecule has 4 N–H and O–H groups in total. The second kappa shape index (κ2) is 6.49. The third-order valence-corrected chi connectivity index (χ3v) is 1.35. The number of nitriles is 1. The molecule has 1 aromatic rings. The first-order valence-electron chi connectivity index (χ1n) is 4.33. The molecule has 0 radical (unpaired) electrons. The number of hydrogen-bond donors (Lipinski definition) is 2. The standard InChI is InChI=1S/C8H8N4.C2H6/c9-4-3-6-1-2-7(5-10)12-8(6)11;1-2/h1-4H,9H2,(H2,11,12);1-2H3/b4-3-;. The van der Waals surface area contributed by atoms with Gasteiger partial charge in [0.2, 0.25) is 0 Å². The average molecular weight is 190 g/mol. The summed E-state index contributed by atoms with van der Waals surface area (Å²) in [6.45, 7) is 4.00. The number of nitrogens with zero attached hydrogens (tertiary/aromatic N) is 2. The molecular weight excluding hydrogens is 176 g/mol. The van der Waals surface area contributed by atoms with Gasteiger partial charge in [0.25, 0.3) is 0 Å². The van der Waals surface area contributed by atoms with Gasteiger partial charge >= 0.3 is 0 Å². The first-order valence-corrected chi connectivity index (χ1v) is 4.33. The maximum absolute atomic E-state index is 8.47. The highest BCUT2D eigenvalue weighted by atomic mass is 14.8. The number of aromatic nitrogens is 1. The molecule has 0 aliphatic heterocycles. The topological polar surface area (TPSA) is 88.7 Å².